The van der Waals surface area contributed by atoms with Crippen molar-refractivity contribution in [1.29, 1.82) is 5.26 Å². The van der Waals surface area contributed by atoms with Crippen LogP contribution in [0.1, 0.15) is 22.8 Å². The van der Waals surface area contributed by atoms with Crippen LogP contribution in [0.15, 0.2) is 42.5 Å². The second-order valence-electron chi connectivity index (χ2n) is 7.76. The zero-order valence-electron chi connectivity index (χ0n) is 18.9. The monoisotopic (exact) mass is 507 g/mol. The van der Waals surface area contributed by atoms with Gasteiger partial charge in [0.1, 0.15) is 30.5 Å². The Balaban J connectivity index is 1.82. The van der Waals surface area contributed by atoms with E-state index in [-0.39, 0.29) is 0 Å². The number of nitriles is 1. The molecule has 0 bridgehead atoms. The van der Waals surface area contributed by atoms with E-state index in [2.05, 4.69) is 10.6 Å². The average molecular weight is 507 g/mol. The number of hydrogen-bond donors (Lipinski definition) is 5. The van der Waals surface area contributed by atoms with Crippen molar-refractivity contribution in [1.82, 2.24) is 0 Å². The van der Waals surface area contributed by atoms with E-state index in [1.807, 2.05) is 0 Å². The highest BCUT2D eigenvalue weighted by Crippen LogP contribution is 2.39. The average Bonchev–Trinajstić information content (AvgIpc) is 2.85. The number of methoxy groups -OCH3 is 2. The Kier molecular flexibility index (Phi) is 8.66. The van der Waals surface area contributed by atoms with E-state index in [1.54, 1.807) is 48.5 Å². The van der Waals surface area contributed by atoms with E-state index in [0.29, 0.717) is 33.8 Å². The van der Waals surface area contributed by atoms with Crippen LogP contribution >= 0.6 is 7.82 Å². The number of allylic oxidation sites excluding steroid dienone is 1. The van der Waals surface area contributed by atoms with Crippen molar-refractivity contribution >= 4 is 19.5 Å². The fraction of sp³-hybridized carbons (Fsp3) is 0.348. The van der Waals surface area contributed by atoms with Gasteiger partial charge in [0.25, 0.3) is 0 Å². The number of rotatable bonds is 8. The van der Waals surface area contributed by atoms with Crippen molar-refractivity contribution < 1.29 is 48.4 Å². The van der Waals surface area contributed by atoms with Crippen molar-refractivity contribution in [3.8, 4) is 17.6 Å². The molecule has 1 heterocycles. The molecule has 1 aliphatic rings. The quantitative estimate of drug-likeness (QED) is 0.198. The molecule has 0 amide bonds. The molecule has 0 spiro atoms. The Hall–Kier alpha value is -2.78. The Morgan fingerprint density at radius 2 is 1.69 bits per heavy atom. The largest absolute Gasteiger partial charge is 0.493 e. The Labute approximate surface area is 201 Å². The van der Waals surface area contributed by atoms with Crippen molar-refractivity contribution in [3.63, 3.8) is 0 Å². The van der Waals surface area contributed by atoms with E-state index < -0.39 is 44.9 Å². The van der Waals surface area contributed by atoms with Crippen LogP contribution in [0.3, 0.4) is 0 Å². The number of phosphoric ester groups is 1. The molecular weight excluding hydrogens is 481 g/mol. The third-order valence-corrected chi connectivity index (χ3v) is 6.00. The number of ether oxygens (including phenoxy) is 3. The van der Waals surface area contributed by atoms with Gasteiger partial charge in [0.2, 0.25) is 0 Å². The minimum absolute atomic E-state index is 0.362. The summed E-state index contributed by atoms with van der Waals surface area (Å²) in [5, 5.41) is 40.3. The van der Waals surface area contributed by atoms with Crippen LogP contribution in [-0.2, 0) is 13.8 Å². The molecule has 0 unspecified atom stereocenters. The number of hydrogen-bond acceptors (Lipinski definition) is 9. The standard InChI is InChI=1S/C23H26NO10P/c1-31-17-8-7-15(10-18(17)32-2)16(11-24)9-13-3-5-14(6-4-13)23-22(27)21(26)20(25)19(34-23)12-33-35(28,29)30/h3-10,19-23,25-27H,12H2,1-2H3,(H2,28,29,30)/b16-9+/t19-,20-,21+,22-,23+/m1/s1. The minimum Gasteiger partial charge on any atom is -0.493 e. The molecule has 1 saturated heterocycles. The Morgan fingerprint density at radius 3 is 2.26 bits per heavy atom. The first-order chi connectivity index (χ1) is 16.6. The summed E-state index contributed by atoms with van der Waals surface area (Å²) in [6.45, 7) is -0.691. The fourth-order valence-corrected chi connectivity index (χ4v) is 4.01. The van der Waals surface area contributed by atoms with Gasteiger partial charge in [0.15, 0.2) is 11.5 Å². The Bertz CT molecular complexity index is 1140. The summed E-state index contributed by atoms with van der Waals surface area (Å²) in [6.07, 6.45) is -5.49. The van der Waals surface area contributed by atoms with Crippen LogP contribution in [0.25, 0.3) is 11.6 Å². The third-order valence-electron chi connectivity index (χ3n) is 5.51. The first-order valence-corrected chi connectivity index (χ1v) is 11.9. The maximum atomic E-state index is 11.0. The minimum atomic E-state index is -4.83. The number of aliphatic hydroxyl groups is 3. The summed E-state index contributed by atoms with van der Waals surface area (Å²) in [6, 6.07) is 13.8. The second kappa shape index (κ2) is 11.3. The van der Waals surface area contributed by atoms with Crippen LogP contribution in [0, 0.1) is 11.3 Å². The highest BCUT2D eigenvalue weighted by Gasteiger charge is 2.44. The molecule has 0 aromatic heterocycles. The normalized spacial score (nSPS) is 25.1. The van der Waals surface area contributed by atoms with Gasteiger partial charge >= 0.3 is 7.82 Å². The number of aliphatic hydroxyl groups excluding tert-OH is 3. The lowest BCUT2D eigenvalue weighted by atomic mass is 9.91. The van der Waals surface area contributed by atoms with Gasteiger partial charge in [-0.3, -0.25) is 4.52 Å². The first kappa shape index (κ1) is 26.8. The van der Waals surface area contributed by atoms with Gasteiger partial charge in [-0.15, -0.1) is 0 Å². The molecule has 35 heavy (non-hydrogen) atoms. The van der Waals surface area contributed by atoms with Crippen LogP contribution in [-0.4, -0.2) is 70.3 Å². The SMILES string of the molecule is COc1ccc(/C(C#N)=C/c2ccc([C@@H]3O[C@H](COP(=O)(O)O)[C@@H](O)[C@H](O)[C@H]3O)cc2)cc1OC. The van der Waals surface area contributed by atoms with E-state index in [4.69, 9.17) is 24.0 Å². The molecule has 0 radical (unpaired) electrons. The molecule has 0 saturated carbocycles. The maximum absolute atomic E-state index is 11.0. The molecule has 2 aromatic rings. The summed E-state index contributed by atoms with van der Waals surface area (Å²) in [5.74, 6) is 1.00. The highest BCUT2D eigenvalue weighted by atomic mass is 31.2. The van der Waals surface area contributed by atoms with Gasteiger partial charge in [-0.05, 0) is 41.0 Å². The topological polar surface area (TPSA) is 179 Å². The first-order valence-electron chi connectivity index (χ1n) is 10.4. The lowest BCUT2D eigenvalue weighted by Gasteiger charge is -2.40. The molecule has 3 rings (SSSR count). The summed E-state index contributed by atoms with van der Waals surface area (Å²) < 4.78 is 31.5. The second-order valence-corrected chi connectivity index (χ2v) is 9.00. The van der Waals surface area contributed by atoms with Gasteiger partial charge in [-0.2, -0.15) is 5.26 Å². The van der Waals surface area contributed by atoms with Crippen molar-refractivity contribution in [2.24, 2.45) is 0 Å². The van der Waals surface area contributed by atoms with E-state index in [9.17, 15) is 25.1 Å². The predicted octanol–water partition coefficient (Wildman–Crippen LogP) is 1.40. The molecular formula is C23H26NO10P. The summed E-state index contributed by atoms with van der Waals surface area (Å²) in [7, 11) is -1.82. The summed E-state index contributed by atoms with van der Waals surface area (Å²) in [4.78, 5) is 17.8. The number of benzene rings is 2. The van der Waals surface area contributed by atoms with E-state index in [0.717, 1.165) is 0 Å². The molecule has 12 heteroatoms. The van der Waals surface area contributed by atoms with Crippen LogP contribution < -0.4 is 9.47 Å². The molecule has 1 fully saturated rings. The molecule has 5 atom stereocenters. The molecule has 0 aliphatic carbocycles. The van der Waals surface area contributed by atoms with Gasteiger partial charge in [-0.25, -0.2) is 4.57 Å². The van der Waals surface area contributed by atoms with Gasteiger partial charge in [0, 0.05) is 0 Å². The van der Waals surface area contributed by atoms with Gasteiger partial charge in [0.05, 0.1) is 32.5 Å². The molecule has 11 nitrogen and oxygen atoms in total. The third kappa shape index (κ3) is 6.46. The number of nitrogens with zero attached hydrogens (tertiary/aromatic N) is 1. The lowest BCUT2D eigenvalue weighted by Crippen LogP contribution is -2.55. The van der Waals surface area contributed by atoms with Crippen LogP contribution in [0.2, 0.25) is 0 Å². The van der Waals surface area contributed by atoms with Gasteiger partial charge < -0.3 is 39.3 Å². The predicted molar refractivity (Wildman–Crippen MR) is 123 cm³/mol. The van der Waals surface area contributed by atoms with Crippen molar-refractivity contribution in [2.45, 2.75) is 30.5 Å². The highest BCUT2D eigenvalue weighted by molar-refractivity contribution is 7.46. The summed E-state index contributed by atoms with van der Waals surface area (Å²) in [5.41, 5.74) is 2.07. The van der Waals surface area contributed by atoms with E-state index in [1.165, 1.54) is 14.2 Å². The van der Waals surface area contributed by atoms with Crippen LogP contribution in [0.4, 0.5) is 0 Å². The molecule has 1 aliphatic heterocycles. The maximum Gasteiger partial charge on any atom is 0.469 e. The zero-order valence-corrected chi connectivity index (χ0v) is 19.8. The fourth-order valence-electron chi connectivity index (χ4n) is 3.67. The Morgan fingerprint density at radius 1 is 1.03 bits per heavy atom. The smallest absolute Gasteiger partial charge is 0.469 e. The molecule has 188 valence electrons. The van der Waals surface area contributed by atoms with Crippen molar-refractivity contribution in [2.75, 3.05) is 20.8 Å². The molecule has 5 N–H and O–H groups in total. The molecule has 2 aromatic carbocycles. The van der Waals surface area contributed by atoms with Gasteiger partial charge in [-0.1, -0.05) is 24.3 Å². The van der Waals surface area contributed by atoms with Crippen molar-refractivity contribution in [3.05, 3.63) is 59.2 Å². The van der Waals surface area contributed by atoms with Crippen LogP contribution in [0.5, 0.6) is 11.5 Å². The summed E-state index contributed by atoms with van der Waals surface area (Å²) >= 11 is 0. The lowest BCUT2D eigenvalue weighted by molar-refractivity contribution is -0.230. The zero-order chi connectivity index (χ0) is 25.8. The number of phosphoric acid groups is 1. The van der Waals surface area contributed by atoms with E-state index >= 15 is 0 Å².